The molecule has 3 aromatic rings. The molecule has 0 bridgehead atoms. The Balaban J connectivity index is 2.05. The summed E-state index contributed by atoms with van der Waals surface area (Å²) in [5, 5.41) is 3.34. The number of amides is 1. The quantitative estimate of drug-likeness (QED) is 0.650. The number of hydrogen-bond donors (Lipinski definition) is 0. The van der Waals surface area contributed by atoms with Crippen molar-refractivity contribution in [2.45, 2.75) is 19.9 Å². The Kier molecular flexibility index (Phi) is 5.46. The molecule has 0 saturated heterocycles. The van der Waals surface area contributed by atoms with Crippen molar-refractivity contribution in [3.8, 4) is 0 Å². The molecular weight excluding hydrogens is 354 g/mol. The number of aryl methyl sites for hydroxylation is 1. The van der Waals surface area contributed by atoms with Crippen LogP contribution in [0.25, 0.3) is 0 Å². The molecule has 0 saturated carbocycles. The molecule has 4 nitrogen and oxygen atoms in total. The summed E-state index contributed by atoms with van der Waals surface area (Å²) in [5.41, 5.74) is 2.25. The Morgan fingerprint density at radius 1 is 1.24 bits per heavy atom. The number of carbonyl (C=O) groups is 1. The Bertz CT molecular complexity index is 849. The molecule has 1 aromatic carbocycles. The number of aromatic nitrogens is 2. The summed E-state index contributed by atoms with van der Waals surface area (Å²) in [6.07, 6.45) is 1.74. The van der Waals surface area contributed by atoms with Gasteiger partial charge < -0.3 is 4.90 Å². The minimum Gasteiger partial charge on any atom is -0.325 e. The predicted octanol–water partition coefficient (Wildman–Crippen LogP) is 4.75. The third kappa shape index (κ3) is 3.89. The Morgan fingerprint density at radius 2 is 2.00 bits per heavy atom. The van der Waals surface area contributed by atoms with Gasteiger partial charge in [-0.25, -0.2) is 4.98 Å². The number of rotatable bonds is 5. The monoisotopic (exact) mass is 371 g/mol. The molecule has 1 amide bonds. The fourth-order valence-corrected chi connectivity index (χ4v) is 3.46. The van der Waals surface area contributed by atoms with E-state index in [0.29, 0.717) is 17.3 Å². The zero-order chi connectivity index (χ0) is 17.8. The van der Waals surface area contributed by atoms with Gasteiger partial charge in [0.05, 0.1) is 16.7 Å². The van der Waals surface area contributed by atoms with E-state index in [1.165, 1.54) is 11.3 Å². The summed E-state index contributed by atoms with van der Waals surface area (Å²) in [4.78, 5) is 23.7. The molecule has 2 aromatic heterocycles. The molecule has 3 rings (SSSR count). The standard InChI is InChI=1S/C19H18ClN3OS/c1-3-23(19(24)17-12-25-13(2)22-17)18(16-6-4-5-11-21-16)14-7-9-15(20)10-8-14/h4-12,18H,3H2,1-2H3/t18-/m0/s1. The van der Waals surface area contributed by atoms with Crippen LogP contribution in [0, 0.1) is 6.92 Å². The molecule has 0 radical (unpaired) electrons. The molecule has 0 unspecified atom stereocenters. The summed E-state index contributed by atoms with van der Waals surface area (Å²) in [6.45, 7) is 4.40. The Labute approximate surface area is 156 Å². The molecule has 25 heavy (non-hydrogen) atoms. The maximum absolute atomic E-state index is 13.1. The third-order valence-corrected chi connectivity index (χ3v) is 4.93. The summed E-state index contributed by atoms with van der Waals surface area (Å²) in [6, 6.07) is 13.0. The maximum atomic E-state index is 13.1. The molecule has 1 atom stereocenters. The molecule has 0 aliphatic heterocycles. The molecule has 0 N–H and O–H groups in total. The highest BCUT2D eigenvalue weighted by molar-refractivity contribution is 7.09. The molecule has 0 spiro atoms. The van der Waals surface area contributed by atoms with Crippen LogP contribution in [0.1, 0.15) is 39.7 Å². The van der Waals surface area contributed by atoms with Crippen LogP contribution in [0.5, 0.6) is 0 Å². The summed E-state index contributed by atoms with van der Waals surface area (Å²) >= 11 is 7.51. The first kappa shape index (κ1) is 17.6. The van der Waals surface area contributed by atoms with Gasteiger partial charge in [-0.05, 0) is 43.7 Å². The van der Waals surface area contributed by atoms with Gasteiger partial charge >= 0.3 is 0 Å². The second-order valence-electron chi connectivity index (χ2n) is 5.55. The lowest BCUT2D eigenvalue weighted by Gasteiger charge is -2.30. The number of halogens is 1. The van der Waals surface area contributed by atoms with E-state index >= 15 is 0 Å². The van der Waals surface area contributed by atoms with Gasteiger partial charge in [-0.15, -0.1) is 11.3 Å². The lowest BCUT2D eigenvalue weighted by atomic mass is 10.0. The van der Waals surface area contributed by atoms with Gasteiger partial charge in [0.2, 0.25) is 0 Å². The largest absolute Gasteiger partial charge is 0.325 e. The van der Waals surface area contributed by atoms with Crippen LogP contribution in [0.3, 0.4) is 0 Å². The van der Waals surface area contributed by atoms with Crippen LogP contribution in [-0.4, -0.2) is 27.3 Å². The van der Waals surface area contributed by atoms with Crippen molar-refractivity contribution in [1.82, 2.24) is 14.9 Å². The van der Waals surface area contributed by atoms with Gasteiger partial charge in [-0.3, -0.25) is 9.78 Å². The van der Waals surface area contributed by atoms with Crippen LogP contribution in [0.4, 0.5) is 0 Å². The number of nitrogens with zero attached hydrogens (tertiary/aromatic N) is 3. The van der Waals surface area contributed by atoms with Crippen LogP contribution >= 0.6 is 22.9 Å². The summed E-state index contributed by atoms with van der Waals surface area (Å²) in [5.74, 6) is -0.0996. The van der Waals surface area contributed by atoms with Crippen molar-refractivity contribution < 1.29 is 4.79 Å². The predicted molar refractivity (Wildman–Crippen MR) is 101 cm³/mol. The fourth-order valence-electron chi connectivity index (χ4n) is 2.75. The molecule has 2 heterocycles. The van der Waals surface area contributed by atoms with Crippen molar-refractivity contribution in [1.29, 1.82) is 0 Å². The van der Waals surface area contributed by atoms with E-state index < -0.39 is 0 Å². The summed E-state index contributed by atoms with van der Waals surface area (Å²) < 4.78 is 0. The van der Waals surface area contributed by atoms with Crippen molar-refractivity contribution in [3.05, 3.63) is 81.0 Å². The van der Waals surface area contributed by atoms with E-state index in [4.69, 9.17) is 11.6 Å². The second kappa shape index (κ2) is 7.76. The maximum Gasteiger partial charge on any atom is 0.274 e. The van der Waals surface area contributed by atoms with Crippen molar-refractivity contribution >= 4 is 28.8 Å². The van der Waals surface area contributed by atoms with Crippen molar-refractivity contribution in [2.24, 2.45) is 0 Å². The highest BCUT2D eigenvalue weighted by Crippen LogP contribution is 2.29. The van der Waals surface area contributed by atoms with Crippen LogP contribution in [0.2, 0.25) is 5.02 Å². The van der Waals surface area contributed by atoms with Crippen LogP contribution in [-0.2, 0) is 0 Å². The number of benzene rings is 1. The SMILES string of the molecule is CCN(C(=O)c1csc(C)n1)[C@@H](c1ccc(Cl)cc1)c1ccccn1. The van der Waals surface area contributed by atoms with E-state index in [1.807, 2.05) is 56.3 Å². The molecule has 0 fully saturated rings. The smallest absolute Gasteiger partial charge is 0.274 e. The second-order valence-corrected chi connectivity index (χ2v) is 7.05. The minimum atomic E-state index is -0.294. The van der Waals surface area contributed by atoms with Gasteiger partial charge in [-0.1, -0.05) is 29.8 Å². The molecule has 6 heteroatoms. The number of pyridine rings is 1. The average molecular weight is 372 g/mol. The van der Waals surface area contributed by atoms with Crippen molar-refractivity contribution in [3.63, 3.8) is 0 Å². The molecular formula is C19H18ClN3OS. The zero-order valence-corrected chi connectivity index (χ0v) is 15.6. The minimum absolute atomic E-state index is 0.0996. The van der Waals surface area contributed by atoms with E-state index in [0.717, 1.165) is 16.3 Å². The molecule has 0 aliphatic carbocycles. The van der Waals surface area contributed by atoms with Gasteiger partial charge in [0.25, 0.3) is 5.91 Å². The number of carbonyl (C=O) groups excluding carboxylic acids is 1. The van der Waals surface area contributed by atoms with E-state index in [-0.39, 0.29) is 11.9 Å². The zero-order valence-electron chi connectivity index (χ0n) is 14.0. The van der Waals surface area contributed by atoms with Gasteiger partial charge in [0.1, 0.15) is 5.69 Å². The first-order valence-corrected chi connectivity index (χ1v) is 9.25. The normalized spacial score (nSPS) is 12.0. The van der Waals surface area contributed by atoms with Gasteiger partial charge in [-0.2, -0.15) is 0 Å². The molecule has 0 aliphatic rings. The average Bonchev–Trinajstić information content (AvgIpc) is 3.07. The highest BCUT2D eigenvalue weighted by atomic mass is 35.5. The number of hydrogen-bond acceptors (Lipinski definition) is 4. The fraction of sp³-hybridized carbons (Fsp3) is 0.211. The van der Waals surface area contributed by atoms with E-state index in [1.54, 1.807) is 16.5 Å². The first-order chi connectivity index (χ1) is 12.1. The van der Waals surface area contributed by atoms with Gasteiger partial charge in [0.15, 0.2) is 0 Å². The van der Waals surface area contributed by atoms with Crippen molar-refractivity contribution in [2.75, 3.05) is 6.54 Å². The number of thiazole rings is 1. The van der Waals surface area contributed by atoms with Gasteiger partial charge in [0, 0.05) is 23.1 Å². The summed E-state index contributed by atoms with van der Waals surface area (Å²) in [7, 11) is 0. The molecule has 128 valence electrons. The Hall–Kier alpha value is -2.24. The van der Waals surface area contributed by atoms with Crippen LogP contribution in [0.15, 0.2) is 54.0 Å². The van der Waals surface area contributed by atoms with E-state index in [2.05, 4.69) is 9.97 Å². The van der Waals surface area contributed by atoms with Crippen LogP contribution < -0.4 is 0 Å². The third-order valence-electron chi connectivity index (χ3n) is 3.91. The van der Waals surface area contributed by atoms with E-state index in [9.17, 15) is 4.79 Å². The lowest BCUT2D eigenvalue weighted by molar-refractivity contribution is 0.0709. The first-order valence-electron chi connectivity index (χ1n) is 7.99. The lowest BCUT2D eigenvalue weighted by Crippen LogP contribution is -2.36. The Morgan fingerprint density at radius 3 is 2.56 bits per heavy atom. The highest BCUT2D eigenvalue weighted by Gasteiger charge is 2.28. The topological polar surface area (TPSA) is 46.1 Å².